The summed E-state index contributed by atoms with van der Waals surface area (Å²) >= 11 is 1.58. The Morgan fingerprint density at radius 1 is 0.969 bits per heavy atom. The van der Waals surface area contributed by atoms with Gasteiger partial charge in [-0.1, -0.05) is 30.3 Å². The van der Waals surface area contributed by atoms with Crippen LogP contribution in [0.4, 0.5) is 10.1 Å². The highest BCUT2D eigenvalue weighted by Gasteiger charge is 2.11. The number of fused-ring (bicyclic) bond motifs is 1. The lowest BCUT2D eigenvalue weighted by atomic mass is 10.1. The van der Waals surface area contributed by atoms with Crippen molar-refractivity contribution in [2.45, 2.75) is 0 Å². The van der Waals surface area contributed by atoms with Gasteiger partial charge in [-0.05, 0) is 59.5 Å². The average Bonchev–Trinajstić information content (AvgIpc) is 3.48. The van der Waals surface area contributed by atoms with Gasteiger partial charge in [0, 0.05) is 17.3 Å². The van der Waals surface area contributed by atoms with Crippen LogP contribution >= 0.6 is 11.3 Å². The van der Waals surface area contributed by atoms with E-state index in [1.54, 1.807) is 34.1 Å². The van der Waals surface area contributed by atoms with E-state index in [0.717, 1.165) is 21.7 Å². The number of carbonyl (C=O) groups is 1. The van der Waals surface area contributed by atoms with Gasteiger partial charge in [-0.2, -0.15) is 9.61 Å². The van der Waals surface area contributed by atoms with Gasteiger partial charge < -0.3 is 5.32 Å². The van der Waals surface area contributed by atoms with E-state index in [0.29, 0.717) is 17.2 Å². The quantitative estimate of drug-likeness (QED) is 0.375. The summed E-state index contributed by atoms with van der Waals surface area (Å²) in [7, 11) is 0. The van der Waals surface area contributed by atoms with E-state index in [2.05, 4.69) is 15.5 Å². The Morgan fingerprint density at radius 3 is 2.53 bits per heavy atom. The maximum atomic E-state index is 13.0. The molecule has 1 amide bonds. The Kier molecular flexibility index (Phi) is 5.27. The number of hydrogen-bond donors (Lipinski definition) is 1. The molecule has 2 aromatic carbocycles. The van der Waals surface area contributed by atoms with Crippen LogP contribution < -0.4 is 5.32 Å². The van der Waals surface area contributed by atoms with Crippen LogP contribution in [0.3, 0.4) is 0 Å². The molecule has 0 bridgehead atoms. The number of rotatable bonds is 5. The van der Waals surface area contributed by atoms with Gasteiger partial charge in [0.25, 0.3) is 0 Å². The lowest BCUT2D eigenvalue weighted by molar-refractivity contribution is -0.111. The van der Waals surface area contributed by atoms with E-state index in [1.807, 2.05) is 53.9 Å². The molecule has 1 N–H and O–H groups in total. The Balaban J connectivity index is 1.32. The van der Waals surface area contributed by atoms with E-state index < -0.39 is 0 Å². The Morgan fingerprint density at radius 2 is 1.78 bits per heavy atom. The molecule has 3 aromatic heterocycles. The molecule has 3 heterocycles. The molecular formula is C24H16FN5OS. The number of nitrogens with one attached hydrogen (secondary N) is 1. The smallest absolute Gasteiger partial charge is 0.248 e. The van der Waals surface area contributed by atoms with Gasteiger partial charge in [-0.25, -0.2) is 4.39 Å². The first kappa shape index (κ1) is 19.8. The summed E-state index contributed by atoms with van der Waals surface area (Å²) in [4.78, 5) is 13.2. The molecule has 0 atom stereocenters. The second kappa shape index (κ2) is 8.52. The van der Waals surface area contributed by atoms with Crippen molar-refractivity contribution >= 4 is 34.7 Å². The van der Waals surface area contributed by atoms with Crippen molar-refractivity contribution in [3.05, 3.63) is 95.6 Å². The van der Waals surface area contributed by atoms with Gasteiger partial charge in [0.05, 0.1) is 10.6 Å². The number of aromatic nitrogens is 4. The summed E-state index contributed by atoms with van der Waals surface area (Å²) in [5.41, 5.74) is 3.75. The minimum Gasteiger partial charge on any atom is -0.323 e. The highest BCUT2D eigenvalue weighted by atomic mass is 32.1. The fourth-order valence-electron chi connectivity index (χ4n) is 3.16. The van der Waals surface area contributed by atoms with Gasteiger partial charge in [0.1, 0.15) is 5.82 Å². The molecule has 6 nitrogen and oxygen atoms in total. The molecule has 8 heteroatoms. The lowest BCUT2D eigenvalue weighted by Gasteiger charge is -2.05. The van der Waals surface area contributed by atoms with Crippen LogP contribution in [-0.2, 0) is 4.79 Å². The Bertz CT molecular complexity index is 1410. The molecule has 5 rings (SSSR count). The molecule has 0 spiro atoms. The summed E-state index contributed by atoms with van der Waals surface area (Å²) in [6.45, 7) is 0. The molecule has 0 aliphatic rings. The number of hydrogen-bond acceptors (Lipinski definition) is 5. The molecule has 156 valence electrons. The summed E-state index contributed by atoms with van der Waals surface area (Å²) < 4.78 is 14.7. The van der Waals surface area contributed by atoms with E-state index in [9.17, 15) is 9.18 Å². The predicted molar refractivity (Wildman–Crippen MR) is 124 cm³/mol. The van der Waals surface area contributed by atoms with Crippen molar-refractivity contribution in [3.63, 3.8) is 0 Å². The van der Waals surface area contributed by atoms with E-state index in [4.69, 9.17) is 5.10 Å². The fourth-order valence-corrected chi connectivity index (χ4v) is 3.85. The summed E-state index contributed by atoms with van der Waals surface area (Å²) in [6.07, 6.45) is 3.04. The number of thiophene rings is 1. The third kappa shape index (κ3) is 4.17. The van der Waals surface area contributed by atoms with Crippen LogP contribution in [0.2, 0.25) is 0 Å². The number of anilines is 1. The molecule has 0 radical (unpaired) electrons. The Labute approximate surface area is 186 Å². The van der Waals surface area contributed by atoms with Crippen LogP contribution in [-0.4, -0.2) is 25.7 Å². The zero-order valence-corrected chi connectivity index (χ0v) is 17.5. The summed E-state index contributed by atoms with van der Waals surface area (Å²) in [6, 6.07) is 21.1. The third-order valence-electron chi connectivity index (χ3n) is 4.75. The van der Waals surface area contributed by atoms with Crippen molar-refractivity contribution in [1.82, 2.24) is 19.8 Å². The largest absolute Gasteiger partial charge is 0.323 e. The van der Waals surface area contributed by atoms with Gasteiger partial charge >= 0.3 is 0 Å². The van der Waals surface area contributed by atoms with E-state index >= 15 is 0 Å². The normalized spacial score (nSPS) is 11.3. The molecule has 0 saturated carbocycles. The molecular weight excluding hydrogens is 425 g/mol. The van der Waals surface area contributed by atoms with Crippen molar-refractivity contribution in [2.75, 3.05) is 5.32 Å². The zero-order valence-electron chi connectivity index (χ0n) is 16.6. The van der Waals surface area contributed by atoms with Gasteiger partial charge in [0.2, 0.25) is 5.91 Å². The van der Waals surface area contributed by atoms with Crippen LogP contribution in [0.1, 0.15) is 5.56 Å². The second-order valence-electron chi connectivity index (χ2n) is 6.94. The van der Waals surface area contributed by atoms with Crippen LogP contribution in [0.15, 0.2) is 84.3 Å². The topological polar surface area (TPSA) is 72.2 Å². The van der Waals surface area contributed by atoms with Crippen LogP contribution in [0, 0.1) is 5.82 Å². The Hall–Kier alpha value is -4.17. The molecule has 0 unspecified atom stereocenters. The summed E-state index contributed by atoms with van der Waals surface area (Å²) in [5.74, 6) is 0.118. The molecule has 32 heavy (non-hydrogen) atoms. The SMILES string of the molecule is O=C(/C=C/c1ccc(F)cc1)Nc1ccc(-c2ccc3nnc(-c4cccs4)n3n2)cc1. The van der Waals surface area contributed by atoms with Crippen LogP contribution in [0.25, 0.3) is 33.7 Å². The van der Waals surface area contributed by atoms with Crippen LogP contribution in [0.5, 0.6) is 0 Å². The maximum absolute atomic E-state index is 13.0. The molecule has 5 aromatic rings. The van der Waals surface area contributed by atoms with Crippen molar-refractivity contribution in [2.24, 2.45) is 0 Å². The highest BCUT2D eigenvalue weighted by Crippen LogP contribution is 2.25. The average molecular weight is 441 g/mol. The number of halogens is 1. The minimum absolute atomic E-state index is 0.272. The standard InChI is InChI=1S/C24H16FN5OS/c25-18-8-3-16(4-9-18)5-14-23(31)26-19-10-6-17(7-11-19)20-12-13-22-27-28-24(30(22)29-20)21-2-1-15-32-21/h1-15H,(H,26,31)/b14-5+. The molecule has 0 saturated heterocycles. The monoisotopic (exact) mass is 441 g/mol. The lowest BCUT2D eigenvalue weighted by Crippen LogP contribution is -2.07. The summed E-state index contributed by atoms with van der Waals surface area (Å²) in [5, 5.41) is 17.9. The van der Waals surface area contributed by atoms with Crippen molar-refractivity contribution in [1.29, 1.82) is 0 Å². The molecule has 0 aliphatic carbocycles. The molecule has 0 fully saturated rings. The van der Waals surface area contributed by atoms with Gasteiger partial charge in [-0.15, -0.1) is 21.5 Å². The third-order valence-corrected chi connectivity index (χ3v) is 5.62. The van der Waals surface area contributed by atoms with E-state index in [1.165, 1.54) is 18.2 Å². The number of nitrogens with zero attached hydrogens (tertiary/aromatic N) is 4. The first-order chi connectivity index (χ1) is 15.7. The number of carbonyl (C=O) groups excluding carboxylic acids is 1. The fraction of sp³-hybridized carbons (Fsp3) is 0. The van der Waals surface area contributed by atoms with Gasteiger partial charge in [0.15, 0.2) is 11.5 Å². The van der Waals surface area contributed by atoms with E-state index in [-0.39, 0.29) is 11.7 Å². The predicted octanol–water partition coefficient (Wildman–Crippen LogP) is 5.31. The van der Waals surface area contributed by atoms with Crippen molar-refractivity contribution < 1.29 is 9.18 Å². The van der Waals surface area contributed by atoms with Crippen molar-refractivity contribution in [3.8, 4) is 22.0 Å². The minimum atomic E-state index is -0.313. The zero-order chi connectivity index (χ0) is 21.9. The number of amides is 1. The first-order valence-corrected chi connectivity index (χ1v) is 10.7. The second-order valence-corrected chi connectivity index (χ2v) is 7.89. The number of benzene rings is 2. The highest BCUT2D eigenvalue weighted by molar-refractivity contribution is 7.13. The first-order valence-electron chi connectivity index (χ1n) is 9.77. The van der Waals surface area contributed by atoms with Gasteiger partial charge in [-0.3, -0.25) is 4.79 Å². The molecule has 0 aliphatic heterocycles. The maximum Gasteiger partial charge on any atom is 0.248 e.